The van der Waals surface area contributed by atoms with Crippen molar-refractivity contribution in [3.05, 3.63) is 77.4 Å². The topological polar surface area (TPSA) is 45.3 Å². The number of ether oxygens (including phenoxy) is 1. The van der Waals surface area contributed by atoms with Crippen LogP contribution in [-0.2, 0) is 11.2 Å². The van der Waals surface area contributed by atoms with Gasteiger partial charge in [-0.2, -0.15) is 0 Å². The molecule has 4 rings (SSSR count). The van der Waals surface area contributed by atoms with E-state index in [1.165, 1.54) is 24.3 Å². The summed E-state index contributed by atoms with van der Waals surface area (Å²) < 4.78 is 18.8. The van der Waals surface area contributed by atoms with E-state index in [9.17, 15) is 9.18 Å². The molecule has 2 aromatic carbocycles. The van der Waals surface area contributed by atoms with Crippen LogP contribution >= 0.6 is 12.2 Å². The number of nitrogens with one attached hydrogen (secondary N) is 1. The smallest absolute Gasteiger partial charge is 0.257 e. The second-order valence-corrected chi connectivity index (χ2v) is 6.91. The van der Waals surface area contributed by atoms with Gasteiger partial charge in [-0.3, -0.25) is 4.79 Å². The Morgan fingerprint density at radius 2 is 1.96 bits per heavy atom. The van der Waals surface area contributed by atoms with Crippen molar-refractivity contribution in [1.82, 2.24) is 9.88 Å². The summed E-state index contributed by atoms with van der Waals surface area (Å²) in [7, 11) is 0. The third-order valence-electron chi connectivity index (χ3n) is 4.82. The van der Waals surface area contributed by atoms with Crippen LogP contribution in [0.3, 0.4) is 0 Å². The fraction of sp³-hybridized carbons (Fsp3) is 0.182. The number of thiocarbonyl (C=S) groups is 1. The number of hydrogen-bond donors (Lipinski definition) is 1. The molecule has 1 aliphatic heterocycles. The third-order valence-corrected chi connectivity index (χ3v) is 5.16. The Morgan fingerprint density at radius 1 is 1.21 bits per heavy atom. The summed E-state index contributed by atoms with van der Waals surface area (Å²) in [6, 6.07) is 13.6. The summed E-state index contributed by atoms with van der Waals surface area (Å²) in [5, 5.41) is 1.45. The van der Waals surface area contributed by atoms with E-state index in [0.29, 0.717) is 35.8 Å². The molecule has 0 saturated heterocycles. The van der Waals surface area contributed by atoms with Crippen molar-refractivity contribution in [3.8, 4) is 0 Å². The number of aromatic amines is 1. The Labute approximate surface area is 167 Å². The fourth-order valence-corrected chi connectivity index (χ4v) is 3.76. The number of H-pyrrole nitrogens is 1. The van der Waals surface area contributed by atoms with Gasteiger partial charge in [-0.1, -0.05) is 18.2 Å². The number of benzene rings is 2. The van der Waals surface area contributed by atoms with Crippen LogP contribution in [0, 0.1) is 5.82 Å². The molecule has 142 valence electrons. The number of aromatic nitrogens is 1. The Hall–Kier alpha value is -2.99. The monoisotopic (exact) mass is 394 g/mol. The summed E-state index contributed by atoms with van der Waals surface area (Å²) in [5.74, 6) is -0.575. The highest BCUT2D eigenvalue weighted by atomic mass is 32.1. The third kappa shape index (κ3) is 3.31. The second-order valence-electron chi connectivity index (χ2n) is 6.54. The molecule has 28 heavy (non-hydrogen) atoms. The normalized spacial score (nSPS) is 13.6. The van der Waals surface area contributed by atoms with Crippen LogP contribution in [0.15, 0.2) is 54.7 Å². The standard InChI is InChI=1S/C22H19FN2O2S/c1-2-27-22(28)18-13-25(21(26)14-7-9-15(23)10-8-14)12-11-17-16-5-3-4-6-19(16)24-20(17)18/h3-10,13,24H,2,11-12H2,1H3. The van der Waals surface area contributed by atoms with E-state index in [-0.39, 0.29) is 11.7 Å². The minimum atomic E-state index is -0.373. The molecule has 1 aliphatic rings. The molecule has 0 radical (unpaired) electrons. The lowest BCUT2D eigenvalue weighted by Gasteiger charge is -2.18. The van der Waals surface area contributed by atoms with Gasteiger partial charge in [0.2, 0.25) is 0 Å². The van der Waals surface area contributed by atoms with Gasteiger partial charge in [-0.05, 0) is 61.5 Å². The maximum Gasteiger partial charge on any atom is 0.257 e. The number of amides is 1. The first-order valence-electron chi connectivity index (χ1n) is 9.14. The number of carbonyl (C=O) groups is 1. The maximum atomic E-state index is 13.2. The molecule has 3 aromatic rings. The molecule has 6 heteroatoms. The van der Waals surface area contributed by atoms with Crippen molar-refractivity contribution < 1.29 is 13.9 Å². The molecule has 1 amide bonds. The number of halogens is 1. The van der Waals surface area contributed by atoms with Crippen LogP contribution in [-0.4, -0.2) is 34.0 Å². The van der Waals surface area contributed by atoms with Crippen LogP contribution in [0.2, 0.25) is 0 Å². The Bertz CT molecular complexity index is 1090. The molecule has 4 nitrogen and oxygen atoms in total. The zero-order valence-electron chi connectivity index (χ0n) is 15.4. The van der Waals surface area contributed by atoms with Crippen molar-refractivity contribution in [2.24, 2.45) is 0 Å². The zero-order valence-corrected chi connectivity index (χ0v) is 16.2. The first-order chi connectivity index (χ1) is 13.6. The lowest BCUT2D eigenvalue weighted by atomic mass is 10.0. The van der Waals surface area contributed by atoms with Crippen LogP contribution in [0.25, 0.3) is 16.5 Å². The molecule has 0 fully saturated rings. The van der Waals surface area contributed by atoms with E-state index in [1.54, 1.807) is 11.1 Å². The van der Waals surface area contributed by atoms with Gasteiger partial charge in [-0.15, -0.1) is 0 Å². The molecular weight excluding hydrogens is 375 g/mol. The molecule has 1 N–H and O–H groups in total. The summed E-state index contributed by atoms with van der Waals surface area (Å²) in [6.07, 6.45) is 2.41. The quantitative estimate of drug-likeness (QED) is 0.655. The van der Waals surface area contributed by atoms with Crippen LogP contribution < -0.4 is 0 Å². The van der Waals surface area contributed by atoms with E-state index in [0.717, 1.165) is 22.2 Å². The lowest BCUT2D eigenvalue weighted by molar-refractivity contribution is 0.0825. The van der Waals surface area contributed by atoms with Crippen molar-refractivity contribution in [2.75, 3.05) is 13.2 Å². The number of rotatable bonds is 3. The fourth-order valence-electron chi connectivity index (χ4n) is 3.49. The summed E-state index contributed by atoms with van der Waals surface area (Å²) in [6.45, 7) is 2.80. The highest BCUT2D eigenvalue weighted by Gasteiger charge is 2.26. The molecule has 2 heterocycles. The van der Waals surface area contributed by atoms with E-state index in [4.69, 9.17) is 17.0 Å². The Balaban J connectivity index is 1.79. The number of hydrogen-bond acceptors (Lipinski definition) is 3. The van der Waals surface area contributed by atoms with E-state index in [1.807, 2.05) is 25.1 Å². The van der Waals surface area contributed by atoms with Gasteiger partial charge in [0.15, 0.2) is 5.05 Å². The zero-order chi connectivity index (χ0) is 19.7. The van der Waals surface area contributed by atoms with Crippen molar-refractivity contribution >= 4 is 39.7 Å². The van der Waals surface area contributed by atoms with Gasteiger partial charge in [0.25, 0.3) is 5.91 Å². The highest BCUT2D eigenvalue weighted by Crippen LogP contribution is 2.32. The summed E-state index contributed by atoms with van der Waals surface area (Å²) in [5.41, 5.74) is 4.12. The van der Waals surface area contributed by atoms with Gasteiger partial charge in [-0.25, -0.2) is 4.39 Å². The second kappa shape index (κ2) is 7.56. The number of carbonyl (C=O) groups excluding carboxylic acids is 1. The lowest BCUT2D eigenvalue weighted by Crippen LogP contribution is -2.27. The van der Waals surface area contributed by atoms with E-state index >= 15 is 0 Å². The average molecular weight is 394 g/mol. The Morgan fingerprint density at radius 3 is 2.71 bits per heavy atom. The summed E-state index contributed by atoms with van der Waals surface area (Å²) >= 11 is 5.49. The molecular formula is C22H19FN2O2S. The molecule has 0 unspecified atom stereocenters. The first-order valence-corrected chi connectivity index (χ1v) is 9.54. The van der Waals surface area contributed by atoms with Gasteiger partial charge < -0.3 is 14.6 Å². The van der Waals surface area contributed by atoms with E-state index < -0.39 is 0 Å². The predicted octanol–water partition coefficient (Wildman–Crippen LogP) is 4.71. The number of para-hydroxylation sites is 1. The van der Waals surface area contributed by atoms with Gasteiger partial charge in [0, 0.05) is 29.2 Å². The van der Waals surface area contributed by atoms with Gasteiger partial charge in [0.1, 0.15) is 5.82 Å². The van der Waals surface area contributed by atoms with Gasteiger partial charge in [0.05, 0.1) is 17.9 Å². The Kier molecular flexibility index (Phi) is 4.96. The van der Waals surface area contributed by atoms with Crippen molar-refractivity contribution in [3.63, 3.8) is 0 Å². The molecule has 0 bridgehead atoms. The predicted molar refractivity (Wildman–Crippen MR) is 112 cm³/mol. The van der Waals surface area contributed by atoms with E-state index in [2.05, 4.69) is 11.1 Å². The number of nitrogens with zero attached hydrogens (tertiary/aromatic N) is 1. The van der Waals surface area contributed by atoms with Crippen LogP contribution in [0.4, 0.5) is 4.39 Å². The summed E-state index contributed by atoms with van der Waals surface area (Å²) in [4.78, 5) is 18.0. The molecule has 1 aromatic heterocycles. The number of fused-ring (bicyclic) bond motifs is 3. The average Bonchev–Trinajstić information content (AvgIpc) is 2.96. The minimum Gasteiger partial charge on any atom is -0.483 e. The minimum absolute atomic E-state index is 0.203. The molecule has 0 spiro atoms. The van der Waals surface area contributed by atoms with Crippen molar-refractivity contribution in [1.29, 1.82) is 0 Å². The van der Waals surface area contributed by atoms with Crippen molar-refractivity contribution in [2.45, 2.75) is 13.3 Å². The first kappa shape index (κ1) is 18.4. The largest absolute Gasteiger partial charge is 0.483 e. The SMILES string of the molecule is CCOC(=S)C1=CN(C(=O)c2ccc(F)cc2)CCc2c1[nH]c1ccccc21. The van der Waals surface area contributed by atoms with Crippen LogP contribution in [0.5, 0.6) is 0 Å². The maximum absolute atomic E-state index is 13.2. The molecule has 0 saturated carbocycles. The highest BCUT2D eigenvalue weighted by molar-refractivity contribution is 7.81. The van der Waals surface area contributed by atoms with Gasteiger partial charge >= 0.3 is 0 Å². The van der Waals surface area contributed by atoms with Crippen LogP contribution in [0.1, 0.15) is 28.5 Å². The molecule has 0 atom stereocenters. The molecule has 0 aliphatic carbocycles.